The molecule has 2 aromatic heterocycles. The third-order valence-electron chi connectivity index (χ3n) is 5.59. The van der Waals surface area contributed by atoms with Gasteiger partial charge in [-0.15, -0.1) is 0 Å². The summed E-state index contributed by atoms with van der Waals surface area (Å²) in [6.07, 6.45) is 8.08. The minimum atomic E-state index is 0.0966. The van der Waals surface area contributed by atoms with Crippen molar-refractivity contribution in [3.8, 4) is 0 Å². The first kappa shape index (κ1) is 16.5. The molecule has 1 N–H and O–H groups in total. The number of amides is 1. The quantitative estimate of drug-likeness (QED) is 0.878. The van der Waals surface area contributed by atoms with Crippen molar-refractivity contribution in [1.29, 1.82) is 0 Å². The molecular formula is C20H24N6O. The summed E-state index contributed by atoms with van der Waals surface area (Å²) < 4.78 is 0. The van der Waals surface area contributed by atoms with Gasteiger partial charge in [0.25, 0.3) is 0 Å². The lowest BCUT2D eigenvalue weighted by atomic mass is 10.2. The fourth-order valence-electron chi connectivity index (χ4n) is 3.55. The van der Waals surface area contributed by atoms with Crippen LogP contribution in [0.4, 0.5) is 17.3 Å². The van der Waals surface area contributed by atoms with Gasteiger partial charge >= 0.3 is 0 Å². The van der Waals surface area contributed by atoms with E-state index in [0.717, 1.165) is 50.5 Å². The van der Waals surface area contributed by atoms with E-state index in [-0.39, 0.29) is 11.8 Å². The summed E-state index contributed by atoms with van der Waals surface area (Å²) in [5.74, 6) is 2.63. The second kappa shape index (κ2) is 6.79. The summed E-state index contributed by atoms with van der Waals surface area (Å²) in [5.41, 5.74) is 2.29. The van der Waals surface area contributed by atoms with Crippen molar-refractivity contribution in [2.45, 2.75) is 31.6 Å². The SMILES string of the molecule is O=C(Nc1ccc(N2CCN(c3cc(C4CC4)ncn3)CC2)cn1)C1CC1. The molecule has 7 heteroatoms. The van der Waals surface area contributed by atoms with E-state index in [1.165, 1.54) is 18.5 Å². The molecule has 0 aromatic carbocycles. The molecular weight excluding hydrogens is 340 g/mol. The Bertz CT molecular complexity index is 823. The second-order valence-electron chi connectivity index (χ2n) is 7.71. The number of carbonyl (C=O) groups is 1. The third kappa shape index (κ3) is 3.72. The lowest BCUT2D eigenvalue weighted by Gasteiger charge is -2.36. The van der Waals surface area contributed by atoms with E-state index in [1.807, 2.05) is 18.3 Å². The van der Waals surface area contributed by atoms with E-state index in [0.29, 0.717) is 11.7 Å². The van der Waals surface area contributed by atoms with Crippen LogP contribution in [-0.4, -0.2) is 47.0 Å². The number of rotatable bonds is 5. The number of pyridine rings is 1. The van der Waals surface area contributed by atoms with E-state index in [4.69, 9.17) is 0 Å². The maximum Gasteiger partial charge on any atom is 0.228 e. The fourth-order valence-corrected chi connectivity index (χ4v) is 3.55. The van der Waals surface area contributed by atoms with E-state index >= 15 is 0 Å². The Hall–Kier alpha value is -2.70. The molecule has 0 spiro atoms. The Morgan fingerprint density at radius 1 is 0.963 bits per heavy atom. The molecule has 2 aliphatic carbocycles. The molecule has 1 saturated heterocycles. The van der Waals surface area contributed by atoms with Crippen molar-refractivity contribution < 1.29 is 4.79 Å². The Morgan fingerprint density at radius 3 is 2.41 bits per heavy atom. The summed E-state index contributed by atoms with van der Waals surface area (Å²) in [6.45, 7) is 3.72. The van der Waals surface area contributed by atoms with Crippen LogP contribution in [0, 0.1) is 5.92 Å². The van der Waals surface area contributed by atoms with Crippen LogP contribution in [0.25, 0.3) is 0 Å². The van der Waals surface area contributed by atoms with Gasteiger partial charge in [-0.1, -0.05) is 0 Å². The molecule has 2 saturated carbocycles. The highest BCUT2D eigenvalue weighted by atomic mass is 16.2. The molecule has 5 rings (SSSR count). The van der Waals surface area contributed by atoms with E-state index in [1.54, 1.807) is 6.33 Å². The normalized spacial score (nSPS) is 19.9. The zero-order valence-electron chi connectivity index (χ0n) is 15.3. The highest BCUT2D eigenvalue weighted by Crippen LogP contribution is 2.39. The average Bonchev–Trinajstić information content (AvgIpc) is 3.61. The van der Waals surface area contributed by atoms with Crippen LogP contribution < -0.4 is 15.1 Å². The van der Waals surface area contributed by atoms with Crippen molar-refractivity contribution in [2.24, 2.45) is 5.92 Å². The van der Waals surface area contributed by atoms with Gasteiger partial charge < -0.3 is 15.1 Å². The molecule has 2 aromatic rings. The summed E-state index contributed by atoms with van der Waals surface area (Å²) in [7, 11) is 0. The molecule has 1 aliphatic heterocycles. The first-order chi connectivity index (χ1) is 13.3. The highest BCUT2D eigenvalue weighted by molar-refractivity contribution is 5.93. The molecule has 1 amide bonds. The maximum absolute atomic E-state index is 11.8. The molecule has 0 unspecified atom stereocenters. The molecule has 140 valence electrons. The predicted octanol–water partition coefficient (Wildman–Crippen LogP) is 2.42. The zero-order valence-corrected chi connectivity index (χ0v) is 15.3. The lowest BCUT2D eigenvalue weighted by molar-refractivity contribution is -0.117. The Labute approximate surface area is 158 Å². The standard InChI is InChI=1S/C20H24N6O/c27-20(15-3-4-15)24-18-6-5-16(12-21-18)25-7-9-26(10-8-25)19-11-17(14-1-2-14)22-13-23-19/h5-6,11-15H,1-4,7-10H2,(H,21,24,27). The minimum absolute atomic E-state index is 0.0966. The minimum Gasteiger partial charge on any atom is -0.367 e. The summed E-state index contributed by atoms with van der Waals surface area (Å²) in [4.78, 5) is 29.8. The van der Waals surface area contributed by atoms with Gasteiger partial charge in [0, 0.05) is 49.8 Å². The van der Waals surface area contributed by atoms with Crippen molar-refractivity contribution in [1.82, 2.24) is 15.0 Å². The molecule has 3 fully saturated rings. The molecule has 3 aliphatic rings. The van der Waals surface area contributed by atoms with Gasteiger partial charge in [0.05, 0.1) is 11.9 Å². The summed E-state index contributed by atoms with van der Waals surface area (Å²) in [6, 6.07) is 6.10. The van der Waals surface area contributed by atoms with Crippen LogP contribution in [0.3, 0.4) is 0 Å². The average molecular weight is 364 g/mol. The molecule has 3 heterocycles. The number of nitrogens with one attached hydrogen (secondary N) is 1. The summed E-state index contributed by atoms with van der Waals surface area (Å²) >= 11 is 0. The van der Waals surface area contributed by atoms with Gasteiger partial charge in [-0.2, -0.15) is 0 Å². The Balaban J connectivity index is 1.19. The van der Waals surface area contributed by atoms with Gasteiger partial charge in [-0.05, 0) is 37.8 Å². The maximum atomic E-state index is 11.8. The Kier molecular flexibility index (Phi) is 4.14. The van der Waals surface area contributed by atoms with E-state index in [2.05, 4.69) is 36.1 Å². The van der Waals surface area contributed by atoms with Crippen molar-refractivity contribution >= 4 is 23.2 Å². The van der Waals surface area contributed by atoms with Gasteiger partial charge in [0.15, 0.2) is 0 Å². The first-order valence-electron chi connectivity index (χ1n) is 9.85. The highest BCUT2D eigenvalue weighted by Gasteiger charge is 2.30. The molecule has 7 nitrogen and oxygen atoms in total. The molecule has 27 heavy (non-hydrogen) atoms. The number of anilines is 3. The van der Waals surface area contributed by atoms with Crippen LogP contribution in [0.5, 0.6) is 0 Å². The van der Waals surface area contributed by atoms with E-state index in [9.17, 15) is 4.79 Å². The van der Waals surface area contributed by atoms with Crippen LogP contribution in [0.15, 0.2) is 30.7 Å². The van der Waals surface area contributed by atoms with Gasteiger partial charge in [-0.3, -0.25) is 4.79 Å². The van der Waals surface area contributed by atoms with Crippen LogP contribution >= 0.6 is 0 Å². The Morgan fingerprint density at radius 2 is 1.74 bits per heavy atom. The molecule has 0 atom stereocenters. The monoisotopic (exact) mass is 364 g/mol. The topological polar surface area (TPSA) is 74.2 Å². The van der Waals surface area contributed by atoms with Crippen molar-refractivity contribution in [3.05, 3.63) is 36.4 Å². The second-order valence-corrected chi connectivity index (χ2v) is 7.71. The molecule has 0 radical (unpaired) electrons. The smallest absolute Gasteiger partial charge is 0.228 e. The number of nitrogens with zero attached hydrogens (tertiary/aromatic N) is 5. The van der Waals surface area contributed by atoms with Crippen molar-refractivity contribution in [2.75, 3.05) is 41.3 Å². The number of hydrogen-bond donors (Lipinski definition) is 1. The first-order valence-corrected chi connectivity index (χ1v) is 9.85. The number of carbonyl (C=O) groups excluding carboxylic acids is 1. The van der Waals surface area contributed by atoms with Crippen molar-refractivity contribution in [3.63, 3.8) is 0 Å². The van der Waals surface area contributed by atoms with Gasteiger partial charge in [0.2, 0.25) is 5.91 Å². The van der Waals surface area contributed by atoms with Gasteiger partial charge in [-0.25, -0.2) is 15.0 Å². The fraction of sp³-hybridized carbons (Fsp3) is 0.500. The zero-order chi connectivity index (χ0) is 18.2. The lowest BCUT2D eigenvalue weighted by Crippen LogP contribution is -2.46. The summed E-state index contributed by atoms with van der Waals surface area (Å²) in [5, 5.41) is 2.89. The van der Waals surface area contributed by atoms with Crippen LogP contribution in [-0.2, 0) is 4.79 Å². The third-order valence-corrected chi connectivity index (χ3v) is 5.59. The predicted molar refractivity (Wildman–Crippen MR) is 104 cm³/mol. The van der Waals surface area contributed by atoms with Gasteiger partial charge in [0.1, 0.15) is 18.0 Å². The van der Waals surface area contributed by atoms with E-state index < -0.39 is 0 Å². The van der Waals surface area contributed by atoms with Crippen LogP contribution in [0.2, 0.25) is 0 Å². The molecule has 0 bridgehead atoms. The largest absolute Gasteiger partial charge is 0.367 e. The number of piperazine rings is 1. The van der Waals surface area contributed by atoms with Crippen LogP contribution in [0.1, 0.15) is 37.3 Å². The number of aromatic nitrogens is 3. The number of hydrogen-bond acceptors (Lipinski definition) is 6.